The highest BCUT2D eigenvalue weighted by atomic mass is 16.5. The maximum atomic E-state index is 12.7. The number of fused-ring (bicyclic) bond motifs is 3. The second-order valence-corrected chi connectivity index (χ2v) is 9.79. The largest absolute Gasteiger partial charge is 0.489 e. The monoisotopic (exact) mass is 422 g/mol. The van der Waals surface area contributed by atoms with Crippen molar-refractivity contribution in [3.8, 4) is 0 Å². The van der Waals surface area contributed by atoms with Gasteiger partial charge in [0.15, 0.2) is 5.78 Å². The van der Waals surface area contributed by atoms with E-state index in [4.69, 9.17) is 15.2 Å². The molecule has 1 aliphatic heterocycles. The minimum atomic E-state index is -0.255. The van der Waals surface area contributed by atoms with E-state index in [9.17, 15) is 9.59 Å². The lowest BCUT2D eigenvalue weighted by atomic mass is 9.61. The van der Waals surface area contributed by atoms with Crippen LogP contribution in [0.4, 0.5) is 0 Å². The van der Waals surface area contributed by atoms with Crippen LogP contribution in [0.3, 0.4) is 0 Å². The molecule has 31 heavy (non-hydrogen) atoms. The maximum Gasteiger partial charge on any atom is 0.302 e. The zero-order chi connectivity index (χ0) is 21.8. The molecular formula is C25H30N2O4. The summed E-state index contributed by atoms with van der Waals surface area (Å²) < 4.78 is 12.4. The molecule has 2 fully saturated rings. The third-order valence-corrected chi connectivity index (χ3v) is 7.94. The molecule has 3 aliphatic carbocycles. The van der Waals surface area contributed by atoms with Crippen LogP contribution in [0.5, 0.6) is 0 Å². The number of esters is 1. The Hall–Kier alpha value is -2.47. The van der Waals surface area contributed by atoms with Crippen LogP contribution in [0.15, 0.2) is 47.5 Å². The van der Waals surface area contributed by atoms with E-state index in [-0.39, 0.29) is 47.1 Å². The number of nitrogens with zero attached hydrogens (tertiary/aromatic N) is 1. The van der Waals surface area contributed by atoms with Crippen molar-refractivity contribution < 1.29 is 19.1 Å². The number of nitrogens with two attached hydrogens (primary N) is 1. The van der Waals surface area contributed by atoms with Crippen molar-refractivity contribution in [1.82, 2.24) is 4.98 Å². The fourth-order valence-electron chi connectivity index (χ4n) is 6.48. The lowest BCUT2D eigenvalue weighted by molar-refractivity contribution is -0.147. The minimum absolute atomic E-state index is 0.0698. The van der Waals surface area contributed by atoms with Crippen LogP contribution in [0, 0.1) is 17.3 Å². The van der Waals surface area contributed by atoms with Crippen LogP contribution in [-0.4, -0.2) is 35.5 Å². The number of aromatic nitrogens is 1. The standard InChI is InChI=1S/C25H30N2O4/c1-14(28)30-22-11-19-24-16(10-18-20(29)8-15(12-26)9-21(18)31-24)5-6-25(19,2)23(22)17-4-3-7-27-13-17/h3-4,7,10,13,15,19,22-24H,5-6,8-9,11-12,26H2,1-2H3/t15?,19-,22+,23-,24+,25-/m0/s1. The number of ether oxygens (including phenoxy) is 2. The van der Waals surface area contributed by atoms with Gasteiger partial charge in [0.2, 0.25) is 0 Å². The summed E-state index contributed by atoms with van der Waals surface area (Å²) in [5.41, 5.74) is 8.84. The Labute approximate surface area is 182 Å². The number of allylic oxidation sites excluding steroid dienone is 3. The molecule has 0 radical (unpaired) electrons. The van der Waals surface area contributed by atoms with Crippen molar-refractivity contribution in [2.75, 3.05) is 6.54 Å². The molecule has 6 heteroatoms. The average molecular weight is 423 g/mol. The van der Waals surface area contributed by atoms with E-state index >= 15 is 0 Å². The molecule has 0 amide bonds. The van der Waals surface area contributed by atoms with Crippen molar-refractivity contribution in [3.63, 3.8) is 0 Å². The van der Waals surface area contributed by atoms with Gasteiger partial charge in [-0.2, -0.15) is 0 Å². The van der Waals surface area contributed by atoms with Gasteiger partial charge in [0.05, 0.1) is 5.57 Å². The molecule has 6 atom stereocenters. The van der Waals surface area contributed by atoms with Gasteiger partial charge >= 0.3 is 5.97 Å². The molecule has 4 aliphatic rings. The van der Waals surface area contributed by atoms with Gasteiger partial charge in [-0.05, 0) is 60.4 Å². The Balaban J connectivity index is 1.50. The Bertz CT molecular complexity index is 969. The van der Waals surface area contributed by atoms with E-state index in [1.54, 1.807) is 6.20 Å². The molecule has 1 aromatic rings. The lowest BCUT2D eigenvalue weighted by Crippen LogP contribution is -2.44. The summed E-state index contributed by atoms with van der Waals surface area (Å²) in [6, 6.07) is 4.03. The van der Waals surface area contributed by atoms with Gasteiger partial charge in [0.25, 0.3) is 0 Å². The lowest BCUT2D eigenvalue weighted by Gasteiger charge is -2.48. The number of ketones is 1. The van der Waals surface area contributed by atoms with E-state index in [2.05, 4.69) is 24.1 Å². The molecule has 1 aromatic heterocycles. The zero-order valence-corrected chi connectivity index (χ0v) is 18.2. The molecule has 0 aromatic carbocycles. The van der Waals surface area contributed by atoms with E-state index in [0.29, 0.717) is 13.0 Å². The fraction of sp³-hybridized carbons (Fsp3) is 0.560. The van der Waals surface area contributed by atoms with Gasteiger partial charge in [-0.15, -0.1) is 0 Å². The first-order chi connectivity index (χ1) is 14.9. The SMILES string of the molecule is CC(=O)O[C@@H]1C[C@H]2[C@@H]3OC4=C(C=C3CC[C@]2(C)[C@H]1c1cccnc1)C(=O)CC(CN)C4. The van der Waals surface area contributed by atoms with Crippen LogP contribution in [0.1, 0.15) is 57.4 Å². The average Bonchev–Trinajstić information content (AvgIpc) is 3.04. The first-order valence-electron chi connectivity index (χ1n) is 11.3. The summed E-state index contributed by atoms with van der Waals surface area (Å²) in [5, 5.41) is 0. The van der Waals surface area contributed by atoms with Crippen molar-refractivity contribution in [2.45, 2.75) is 64.1 Å². The van der Waals surface area contributed by atoms with Gasteiger partial charge < -0.3 is 15.2 Å². The van der Waals surface area contributed by atoms with Gasteiger partial charge in [-0.1, -0.05) is 13.0 Å². The van der Waals surface area contributed by atoms with Crippen molar-refractivity contribution in [2.24, 2.45) is 23.0 Å². The first kappa shape index (κ1) is 20.4. The van der Waals surface area contributed by atoms with Crippen molar-refractivity contribution in [3.05, 3.63) is 53.1 Å². The summed E-state index contributed by atoms with van der Waals surface area (Å²) in [6.07, 6.45) is 9.29. The number of hydrogen-bond acceptors (Lipinski definition) is 6. The highest BCUT2D eigenvalue weighted by Gasteiger charge is 2.60. The van der Waals surface area contributed by atoms with Crippen molar-refractivity contribution >= 4 is 11.8 Å². The van der Waals surface area contributed by atoms with E-state index in [1.807, 2.05) is 12.3 Å². The molecule has 164 valence electrons. The molecule has 1 unspecified atom stereocenters. The topological polar surface area (TPSA) is 91.5 Å². The van der Waals surface area contributed by atoms with Crippen LogP contribution < -0.4 is 5.73 Å². The Morgan fingerprint density at radius 3 is 2.94 bits per heavy atom. The summed E-state index contributed by atoms with van der Waals surface area (Å²) in [7, 11) is 0. The van der Waals surface area contributed by atoms with Crippen LogP contribution in [0.2, 0.25) is 0 Å². The maximum absolute atomic E-state index is 12.7. The molecule has 2 N–H and O–H groups in total. The summed E-state index contributed by atoms with van der Waals surface area (Å²) >= 11 is 0. The molecular weight excluding hydrogens is 392 g/mol. The molecule has 0 saturated heterocycles. The Kier molecular flexibility index (Phi) is 5.00. The van der Waals surface area contributed by atoms with E-state index in [0.717, 1.165) is 42.6 Å². The quantitative estimate of drug-likeness (QED) is 0.751. The minimum Gasteiger partial charge on any atom is -0.489 e. The Morgan fingerprint density at radius 1 is 1.39 bits per heavy atom. The predicted molar refractivity (Wildman–Crippen MR) is 115 cm³/mol. The molecule has 0 spiro atoms. The fourth-order valence-corrected chi connectivity index (χ4v) is 6.48. The number of Topliss-reactive ketones (excluding diaryl/α,β-unsaturated/α-hetero) is 1. The highest BCUT2D eigenvalue weighted by molar-refractivity contribution is 6.00. The number of rotatable bonds is 3. The summed E-state index contributed by atoms with van der Waals surface area (Å²) in [6.45, 7) is 4.27. The number of carbonyl (C=O) groups excluding carboxylic acids is 2. The highest BCUT2D eigenvalue weighted by Crippen LogP contribution is 2.62. The van der Waals surface area contributed by atoms with E-state index in [1.165, 1.54) is 12.5 Å². The number of pyridine rings is 1. The first-order valence-corrected chi connectivity index (χ1v) is 11.3. The molecule has 5 rings (SSSR count). The third-order valence-electron chi connectivity index (χ3n) is 7.94. The summed E-state index contributed by atoms with van der Waals surface area (Å²) in [4.78, 5) is 28.9. The molecule has 6 nitrogen and oxygen atoms in total. The Morgan fingerprint density at radius 2 is 2.23 bits per heavy atom. The van der Waals surface area contributed by atoms with Gasteiger partial charge in [0.1, 0.15) is 18.0 Å². The van der Waals surface area contributed by atoms with Crippen molar-refractivity contribution in [1.29, 1.82) is 0 Å². The third kappa shape index (κ3) is 3.32. The van der Waals surface area contributed by atoms with Crippen LogP contribution >= 0.6 is 0 Å². The van der Waals surface area contributed by atoms with Gasteiger partial charge in [0, 0.05) is 44.0 Å². The van der Waals surface area contributed by atoms with Gasteiger partial charge in [-0.3, -0.25) is 14.6 Å². The number of hydrogen-bond donors (Lipinski definition) is 1. The molecule has 0 bridgehead atoms. The normalized spacial score (nSPS) is 36.7. The van der Waals surface area contributed by atoms with E-state index < -0.39 is 0 Å². The molecule has 2 heterocycles. The predicted octanol–water partition coefficient (Wildman–Crippen LogP) is 3.43. The number of carbonyl (C=O) groups is 2. The second kappa shape index (κ2) is 7.59. The van der Waals surface area contributed by atoms with Crippen LogP contribution in [0.25, 0.3) is 0 Å². The zero-order valence-electron chi connectivity index (χ0n) is 18.2. The van der Waals surface area contributed by atoms with Gasteiger partial charge in [-0.25, -0.2) is 0 Å². The molecule has 2 saturated carbocycles. The smallest absolute Gasteiger partial charge is 0.302 e. The summed E-state index contributed by atoms with van der Waals surface area (Å²) in [5.74, 6) is 1.11. The second-order valence-electron chi connectivity index (χ2n) is 9.79. The van der Waals surface area contributed by atoms with Crippen LogP contribution in [-0.2, 0) is 19.1 Å².